The molecule has 2 aromatic carbocycles. The second-order valence-corrected chi connectivity index (χ2v) is 7.94. The molecule has 0 aliphatic carbocycles. The summed E-state index contributed by atoms with van der Waals surface area (Å²) in [6.45, 7) is 1.22. The van der Waals surface area contributed by atoms with Gasteiger partial charge in [-0.15, -0.1) is 11.3 Å². The van der Waals surface area contributed by atoms with Crippen LogP contribution in [0.25, 0.3) is 21.3 Å². The van der Waals surface area contributed by atoms with E-state index < -0.39 is 0 Å². The lowest BCUT2D eigenvalue weighted by molar-refractivity contribution is 0.311. The number of aromatic amines is 1. The molecule has 0 radical (unpaired) electrons. The van der Waals surface area contributed by atoms with Crippen LogP contribution < -0.4 is 5.56 Å². The maximum Gasteiger partial charge on any atom is 0.260 e. The second kappa shape index (κ2) is 7.83. The molecule has 0 spiro atoms. The van der Waals surface area contributed by atoms with Gasteiger partial charge in [0.1, 0.15) is 16.5 Å². The molecule has 0 unspecified atom stereocenters. The molecule has 1 N–H and O–H groups in total. The van der Waals surface area contributed by atoms with Crippen molar-refractivity contribution < 1.29 is 4.39 Å². The number of hydrogen-bond acceptors (Lipinski definition) is 4. The first-order valence-electron chi connectivity index (χ1n) is 8.69. The van der Waals surface area contributed by atoms with Crippen LogP contribution in [-0.4, -0.2) is 21.9 Å². The van der Waals surface area contributed by atoms with E-state index in [1.807, 2.05) is 36.7 Å². The number of fused-ring (bicyclic) bond motifs is 1. The van der Waals surface area contributed by atoms with Crippen LogP contribution in [0.5, 0.6) is 0 Å². The highest BCUT2D eigenvalue weighted by atomic mass is 35.5. The van der Waals surface area contributed by atoms with Gasteiger partial charge < -0.3 is 4.98 Å². The van der Waals surface area contributed by atoms with Crippen molar-refractivity contribution in [2.45, 2.75) is 13.1 Å². The SMILES string of the molecule is CN(Cc1ccc(Cl)cc1)Cc1nc2scc(-c3ccc(F)cc3)c2c(=O)[nH]1. The van der Waals surface area contributed by atoms with Crippen LogP contribution >= 0.6 is 22.9 Å². The Morgan fingerprint density at radius 3 is 2.54 bits per heavy atom. The van der Waals surface area contributed by atoms with Crippen LogP contribution in [0, 0.1) is 5.82 Å². The first-order chi connectivity index (χ1) is 13.5. The van der Waals surface area contributed by atoms with Crippen LogP contribution in [0.15, 0.2) is 58.7 Å². The zero-order valence-electron chi connectivity index (χ0n) is 15.1. The van der Waals surface area contributed by atoms with E-state index in [1.165, 1.54) is 23.5 Å². The molecule has 0 saturated carbocycles. The Balaban J connectivity index is 1.58. The van der Waals surface area contributed by atoms with Gasteiger partial charge in [-0.05, 0) is 42.4 Å². The zero-order valence-corrected chi connectivity index (χ0v) is 16.6. The minimum Gasteiger partial charge on any atom is -0.309 e. The lowest BCUT2D eigenvalue weighted by Gasteiger charge is -2.16. The van der Waals surface area contributed by atoms with E-state index >= 15 is 0 Å². The summed E-state index contributed by atoms with van der Waals surface area (Å²) in [5, 5.41) is 3.14. The molecule has 4 rings (SSSR count). The van der Waals surface area contributed by atoms with Crippen LogP contribution in [0.4, 0.5) is 4.39 Å². The Hall–Kier alpha value is -2.54. The monoisotopic (exact) mass is 413 g/mol. The summed E-state index contributed by atoms with van der Waals surface area (Å²) in [4.78, 5) is 23.0. The quantitative estimate of drug-likeness (QED) is 0.496. The van der Waals surface area contributed by atoms with E-state index in [0.29, 0.717) is 34.2 Å². The Labute approximate surface area is 170 Å². The number of rotatable bonds is 5. The topological polar surface area (TPSA) is 49.0 Å². The molecule has 2 heterocycles. The number of benzene rings is 2. The van der Waals surface area contributed by atoms with Crippen LogP contribution in [-0.2, 0) is 13.1 Å². The van der Waals surface area contributed by atoms with Gasteiger partial charge in [-0.25, -0.2) is 9.37 Å². The van der Waals surface area contributed by atoms with Crippen LogP contribution in [0.1, 0.15) is 11.4 Å². The fraction of sp³-hybridized carbons (Fsp3) is 0.143. The van der Waals surface area contributed by atoms with E-state index in [4.69, 9.17) is 11.6 Å². The van der Waals surface area contributed by atoms with Gasteiger partial charge in [0.15, 0.2) is 0 Å². The number of H-pyrrole nitrogens is 1. The number of nitrogens with zero attached hydrogens (tertiary/aromatic N) is 2. The Morgan fingerprint density at radius 1 is 1.11 bits per heavy atom. The molecule has 0 fully saturated rings. The van der Waals surface area contributed by atoms with Crippen molar-refractivity contribution in [3.05, 3.63) is 86.5 Å². The predicted octanol–water partition coefficient (Wildman–Crippen LogP) is 5.08. The summed E-state index contributed by atoms with van der Waals surface area (Å²) in [6, 6.07) is 13.8. The summed E-state index contributed by atoms with van der Waals surface area (Å²) in [6.07, 6.45) is 0. The maximum absolute atomic E-state index is 13.2. The molecule has 4 nitrogen and oxygen atoms in total. The lowest BCUT2D eigenvalue weighted by Crippen LogP contribution is -2.21. The van der Waals surface area contributed by atoms with Gasteiger partial charge in [-0.3, -0.25) is 9.69 Å². The third-order valence-corrected chi connectivity index (χ3v) is 5.56. The lowest BCUT2D eigenvalue weighted by atomic mass is 10.1. The van der Waals surface area contributed by atoms with Crippen molar-refractivity contribution in [2.24, 2.45) is 0 Å². The predicted molar refractivity (Wildman–Crippen MR) is 112 cm³/mol. The van der Waals surface area contributed by atoms with E-state index in [9.17, 15) is 9.18 Å². The third-order valence-electron chi connectivity index (χ3n) is 4.43. The van der Waals surface area contributed by atoms with Crippen molar-refractivity contribution in [1.29, 1.82) is 0 Å². The van der Waals surface area contributed by atoms with Crippen LogP contribution in [0.3, 0.4) is 0 Å². The largest absolute Gasteiger partial charge is 0.309 e. The number of nitrogens with one attached hydrogen (secondary N) is 1. The average Bonchev–Trinajstić information content (AvgIpc) is 3.09. The Morgan fingerprint density at radius 2 is 1.82 bits per heavy atom. The van der Waals surface area contributed by atoms with Crippen molar-refractivity contribution in [2.75, 3.05) is 7.05 Å². The van der Waals surface area contributed by atoms with E-state index in [2.05, 4.69) is 14.9 Å². The van der Waals surface area contributed by atoms with E-state index in [0.717, 1.165) is 16.7 Å². The molecular weight excluding hydrogens is 397 g/mol. The van der Waals surface area contributed by atoms with Gasteiger partial charge in [-0.1, -0.05) is 35.9 Å². The van der Waals surface area contributed by atoms with E-state index in [-0.39, 0.29) is 11.4 Å². The van der Waals surface area contributed by atoms with E-state index in [1.54, 1.807) is 12.1 Å². The zero-order chi connectivity index (χ0) is 19.7. The third kappa shape index (κ3) is 3.99. The minimum atomic E-state index is -0.304. The highest BCUT2D eigenvalue weighted by Crippen LogP contribution is 2.30. The molecule has 7 heteroatoms. The molecule has 2 aromatic heterocycles. The summed E-state index contributed by atoms with van der Waals surface area (Å²) >= 11 is 7.34. The average molecular weight is 414 g/mol. The van der Waals surface area contributed by atoms with Gasteiger partial charge in [0, 0.05) is 22.5 Å². The Bertz CT molecular complexity index is 1170. The van der Waals surface area contributed by atoms with Crippen molar-refractivity contribution in [3.8, 4) is 11.1 Å². The fourth-order valence-electron chi connectivity index (χ4n) is 3.12. The highest BCUT2D eigenvalue weighted by Gasteiger charge is 2.14. The first-order valence-corrected chi connectivity index (χ1v) is 9.94. The van der Waals surface area contributed by atoms with Crippen molar-refractivity contribution in [1.82, 2.24) is 14.9 Å². The molecule has 28 heavy (non-hydrogen) atoms. The smallest absolute Gasteiger partial charge is 0.260 e. The fourth-order valence-corrected chi connectivity index (χ4v) is 4.22. The standard InChI is InChI=1S/C21H17ClFN3OS/c1-26(10-13-2-6-15(22)7-3-13)11-18-24-20(27)19-17(12-28-21(19)25-18)14-4-8-16(23)9-5-14/h2-9,12H,10-11H2,1H3,(H,24,25,27). The maximum atomic E-state index is 13.2. The van der Waals surface area contributed by atoms with Gasteiger partial charge in [0.2, 0.25) is 0 Å². The summed E-state index contributed by atoms with van der Waals surface area (Å²) < 4.78 is 13.2. The highest BCUT2D eigenvalue weighted by molar-refractivity contribution is 7.17. The van der Waals surface area contributed by atoms with Crippen LogP contribution in [0.2, 0.25) is 5.02 Å². The molecular formula is C21H17ClFN3OS. The molecule has 0 aliphatic rings. The second-order valence-electron chi connectivity index (χ2n) is 6.65. The minimum absolute atomic E-state index is 0.180. The summed E-state index contributed by atoms with van der Waals surface area (Å²) in [5.74, 6) is 0.308. The molecule has 0 bridgehead atoms. The van der Waals surface area contributed by atoms with Gasteiger partial charge in [0.05, 0.1) is 11.9 Å². The van der Waals surface area contributed by atoms with Crippen molar-refractivity contribution >= 4 is 33.2 Å². The summed E-state index contributed by atoms with van der Waals surface area (Å²) in [7, 11) is 1.97. The number of thiophene rings is 1. The first kappa shape index (κ1) is 18.8. The number of aromatic nitrogens is 2. The number of hydrogen-bond donors (Lipinski definition) is 1. The number of halogens is 2. The van der Waals surface area contributed by atoms with Crippen molar-refractivity contribution in [3.63, 3.8) is 0 Å². The molecule has 0 amide bonds. The van der Waals surface area contributed by atoms with Gasteiger partial charge in [0.25, 0.3) is 5.56 Å². The molecule has 0 atom stereocenters. The molecule has 0 saturated heterocycles. The Kier molecular flexibility index (Phi) is 5.26. The van der Waals surface area contributed by atoms with Gasteiger partial charge in [-0.2, -0.15) is 0 Å². The molecule has 0 aliphatic heterocycles. The molecule has 4 aromatic rings. The normalized spacial score (nSPS) is 11.4. The molecule has 142 valence electrons. The van der Waals surface area contributed by atoms with Gasteiger partial charge >= 0.3 is 0 Å². The summed E-state index contributed by atoms with van der Waals surface area (Å²) in [5.41, 5.74) is 2.52.